The van der Waals surface area contributed by atoms with E-state index in [4.69, 9.17) is 0 Å². The number of nitrogens with one attached hydrogen (secondary N) is 2. The second kappa shape index (κ2) is 4.49. The van der Waals surface area contributed by atoms with E-state index in [0.717, 1.165) is 25.3 Å². The van der Waals surface area contributed by atoms with Gasteiger partial charge in [0, 0.05) is 43.6 Å². The monoisotopic (exact) mass is 261 g/mol. The Morgan fingerprint density at radius 1 is 1.42 bits per heavy atom. The zero-order valence-corrected chi connectivity index (χ0v) is 11.3. The molecule has 0 spiro atoms. The van der Waals surface area contributed by atoms with E-state index in [9.17, 15) is 9.59 Å². The fraction of sp³-hybridized carbons (Fsp3) is 0.571. The SMILES string of the molecule is Cc1cc(=O)c(C(=O)N2CC3CNCC3C2C)c[nH]1. The molecule has 0 aromatic carbocycles. The molecular weight excluding hydrogens is 242 g/mol. The molecule has 2 saturated heterocycles. The van der Waals surface area contributed by atoms with E-state index in [0.29, 0.717) is 11.8 Å². The summed E-state index contributed by atoms with van der Waals surface area (Å²) in [4.78, 5) is 29.2. The number of carbonyl (C=O) groups excluding carboxylic acids is 1. The van der Waals surface area contributed by atoms with Gasteiger partial charge in [0.15, 0.2) is 5.43 Å². The number of carbonyl (C=O) groups is 1. The van der Waals surface area contributed by atoms with E-state index in [-0.39, 0.29) is 22.9 Å². The molecule has 3 atom stereocenters. The van der Waals surface area contributed by atoms with Crippen molar-refractivity contribution in [3.05, 3.63) is 33.7 Å². The normalized spacial score (nSPS) is 29.6. The van der Waals surface area contributed by atoms with Gasteiger partial charge in [0.25, 0.3) is 5.91 Å². The molecule has 0 saturated carbocycles. The van der Waals surface area contributed by atoms with Crippen molar-refractivity contribution in [2.45, 2.75) is 19.9 Å². The maximum atomic E-state index is 12.5. The van der Waals surface area contributed by atoms with Crippen LogP contribution in [0.2, 0.25) is 0 Å². The Morgan fingerprint density at radius 2 is 2.21 bits per heavy atom. The summed E-state index contributed by atoms with van der Waals surface area (Å²) in [6.45, 7) is 6.59. The summed E-state index contributed by atoms with van der Waals surface area (Å²) in [5, 5.41) is 3.37. The van der Waals surface area contributed by atoms with Gasteiger partial charge in [-0.25, -0.2) is 0 Å². The van der Waals surface area contributed by atoms with Gasteiger partial charge in [0.1, 0.15) is 5.56 Å². The lowest BCUT2D eigenvalue weighted by Gasteiger charge is -2.24. The predicted octanol–water partition coefficient (Wildman–Crippen LogP) is 0.363. The van der Waals surface area contributed by atoms with E-state index in [2.05, 4.69) is 17.2 Å². The molecule has 2 N–H and O–H groups in total. The third-order valence-corrected chi connectivity index (χ3v) is 4.48. The molecule has 2 aliphatic rings. The van der Waals surface area contributed by atoms with Crippen LogP contribution in [0.5, 0.6) is 0 Å². The van der Waals surface area contributed by atoms with Crippen LogP contribution in [-0.2, 0) is 0 Å². The van der Waals surface area contributed by atoms with Gasteiger partial charge in [-0.15, -0.1) is 0 Å². The van der Waals surface area contributed by atoms with Gasteiger partial charge in [-0.05, 0) is 25.7 Å². The molecular formula is C14H19N3O2. The Bertz CT molecular complexity index is 566. The maximum absolute atomic E-state index is 12.5. The Hall–Kier alpha value is -1.62. The number of aromatic amines is 1. The topological polar surface area (TPSA) is 65.2 Å². The Morgan fingerprint density at radius 3 is 2.89 bits per heavy atom. The number of amides is 1. The molecule has 3 heterocycles. The van der Waals surface area contributed by atoms with Crippen LogP contribution in [0.4, 0.5) is 0 Å². The first kappa shape index (κ1) is 12.4. The molecule has 1 aromatic rings. The van der Waals surface area contributed by atoms with Gasteiger partial charge in [-0.3, -0.25) is 9.59 Å². The van der Waals surface area contributed by atoms with Gasteiger partial charge < -0.3 is 15.2 Å². The van der Waals surface area contributed by atoms with Crippen LogP contribution in [-0.4, -0.2) is 41.5 Å². The number of nitrogens with zero attached hydrogens (tertiary/aromatic N) is 1. The molecule has 1 amide bonds. The molecule has 0 bridgehead atoms. The fourth-order valence-corrected chi connectivity index (χ4v) is 3.33. The van der Waals surface area contributed by atoms with Gasteiger partial charge in [-0.2, -0.15) is 0 Å². The first-order valence-electron chi connectivity index (χ1n) is 6.79. The summed E-state index contributed by atoms with van der Waals surface area (Å²) in [5.41, 5.74) is 0.839. The lowest BCUT2D eigenvalue weighted by atomic mass is 9.95. The Kier molecular flexibility index (Phi) is 2.93. The minimum Gasteiger partial charge on any atom is -0.364 e. The van der Waals surface area contributed by atoms with Gasteiger partial charge >= 0.3 is 0 Å². The smallest absolute Gasteiger partial charge is 0.259 e. The molecule has 2 fully saturated rings. The Labute approximate surface area is 112 Å². The number of H-pyrrole nitrogens is 1. The van der Waals surface area contributed by atoms with Crippen molar-refractivity contribution in [1.29, 1.82) is 0 Å². The zero-order chi connectivity index (χ0) is 13.6. The minimum absolute atomic E-state index is 0.136. The quantitative estimate of drug-likeness (QED) is 0.767. The summed E-state index contributed by atoms with van der Waals surface area (Å²) in [6.07, 6.45) is 1.54. The minimum atomic E-state index is -0.191. The molecule has 1 aromatic heterocycles. The van der Waals surface area contributed by atoms with E-state index in [1.807, 2.05) is 11.8 Å². The van der Waals surface area contributed by atoms with Crippen molar-refractivity contribution in [2.24, 2.45) is 11.8 Å². The molecule has 2 aliphatic heterocycles. The number of hydrogen-bond donors (Lipinski definition) is 2. The lowest BCUT2D eigenvalue weighted by Crippen LogP contribution is -2.40. The molecule has 5 heteroatoms. The highest BCUT2D eigenvalue weighted by molar-refractivity contribution is 5.94. The average molecular weight is 261 g/mol. The largest absolute Gasteiger partial charge is 0.364 e. The van der Waals surface area contributed by atoms with Crippen molar-refractivity contribution in [1.82, 2.24) is 15.2 Å². The molecule has 0 aliphatic carbocycles. The van der Waals surface area contributed by atoms with E-state index in [1.165, 1.54) is 6.07 Å². The van der Waals surface area contributed by atoms with Crippen LogP contribution < -0.4 is 10.7 Å². The molecule has 102 valence electrons. The highest BCUT2D eigenvalue weighted by atomic mass is 16.2. The zero-order valence-electron chi connectivity index (χ0n) is 11.3. The van der Waals surface area contributed by atoms with Crippen molar-refractivity contribution in [2.75, 3.05) is 19.6 Å². The van der Waals surface area contributed by atoms with Crippen LogP contribution in [0.1, 0.15) is 23.0 Å². The van der Waals surface area contributed by atoms with Crippen LogP contribution >= 0.6 is 0 Å². The molecule has 3 rings (SSSR count). The third-order valence-electron chi connectivity index (χ3n) is 4.48. The van der Waals surface area contributed by atoms with Crippen LogP contribution in [0.25, 0.3) is 0 Å². The molecule has 5 nitrogen and oxygen atoms in total. The van der Waals surface area contributed by atoms with Gasteiger partial charge in [0.2, 0.25) is 0 Å². The van der Waals surface area contributed by atoms with Crippen molar-refractivity contribution < 1.29 is 4.79 Å². The van der Waals surface area contributed by atoms with Crippen molar-refractivity contribution >= 4 is 5.91 Å². The first-order valence-corrected chi connectivity index (χ1v) is 6.79. The van der Waals surface area contributed by atoms with Crippen molar-refractivity contribution in [3.8, 4) is 0 Å². The first-order chi connectivity index (χ1) is 9.08. The second-order valence-corrected chi connectivity index (χ2v) is 5.67. The third kappa shape index (κ3) is 1.98. The van der Waals surface area contributed by atoms with Gasteiger partial charge in [-0.1, -0.05) is 0 Å². The highest BCUT2D eigenvalue weighted by Crippen LogP contribution is 2.32. The predicted molar refractivity (Wildman–Crippen MR) is 72.1 cm³/mol. The van der Waals surface area contributed by atoms with Crippen molar-refractivity contribution in [3.63, 3.8) is 0 Å². The number of fused-ring (bicyclic) bond motifs is 1. The van der Waals surface area contributed by atoms with Crippen LogP contribution in [0, 0.1) is 18.8 Å². The number of aromatic nitrogens is 1. The summed E-state index contributed by atoms with van der Waals surface area (Å²) in [6, 6.07) is 1.68. The van der Waals surface area contributed by atoms with E-state index in [1.54, 1.807) is 6.20 Å². The second-order valence-electron chi connectivity index (χ2n) is 5.67. The number of hydrogen-bond acceptors (Lipinski definition) is 3. The fourth-order valence-electron chi connectivity index (χ4n) is 3.33. The van der Waals surface area contributed by atoms with Gasteiger partial charge in [0.05, 0.1) is 0 Å². The Balaban J connectivity index is 1.87. The molecule has 0 radical (unpaired) electrons. The van der Waals surface area contributed by atoms with E-state index >= 15 is 0 Å². The van der Waals surface area contributed by atoms with Crippen LogP contribution in [0.3, 0.4) is 0 Å². The summed E-state index contributed by atoms with van der Waals surface area (Å²) >= 11 is 0. The lowest BCUT2D eigenvalue weighted by molar-refractivity contribution is 0.0727. The number of aryl methyl sites for hydroxylation is 1. The molecule has 19 heavy (non-hydrogen) atoms. The number of pyridine rings is 1. The molecule has 3 unspecified atom stereocenters. The maximum Gasteiger partial charge on any atom is 0.259 e. The number of rotatable bonds is 1. The average Bonchev–Trinajstić information content (AvgIpc) is 2.92. The van der Waals surface area contributed by atoms with Crippen LogP contribution in [0.15, 0.2) is 17.1 Å². The summed E-state index contributed by atoms with van der Waals surface area (Å²) in [5.74, 6) is 0.917. The standard InChI is InChI=1S/C14H19N3O2/c1-8-3-13(18)12(6-16-8)14(19)17-7-10-4-15-5-11(10)9(17)2/h3,6,9-11,15H,4-5,7H2,1-2H3,(H,16,18). The summed E-state index contributed by atoms with van der Waals surface area (Å²) in [7, 11) is 0. The number of likely N-dealkylation sites (tertiary alicyclic amines) is 1. The highest BCUT2D eigenvalue weighted by Gasteiger charge is 2.44. The summed E-state index contributed by atoms with van der Waals surface area (Å²) < 4.78 is 0. The van der Waals surface area contributed by atoms with E-state index < -0.39 is 0 Å².